The zero-order chi connectivity index (χ0) is 8.97. The molecule has 2 nitrogen and oxygen atoms in total. The molecule has 2 unspecified atom stereocenters. The van der Waals surface area contributed by atoms with Crippen molar-refractivity contribution in [3.05, 3.63) is 0 Å². The number of likely N-dealkylation sites (tertiary alicyclic amines) is 1. The van der Waals surface area contributed by atoms with Crippen LogP contribution in [-0.4, -0.2) is 30.8 Å². The molecule has 2 atom stereocenters. The van der Waals surface area contributed by atoms with Crippen molar-refractivity contribution in [3.8, 4) is 0 Å². The van der Waals surface area contributed by atoms with Gasteiger partial charge in [-0.25, -0.2) is 0 Å². The Morgan fingerprint density at radius 3 is 2.75 bits per heavy atom. The highest BCUT2D eigenvalue weighted by molar-refractivity contribution is 5.55. The Hall–Kier alpha value is -0.370. The van der Waals surface area contributed by atoms with Crippen molar-refractivity contribution in [1.82, 2.24) is 4.90 Å². The number of carbonyl (C=O) groups is 1. The number of unbranched alkanes of at least 4 members (excludes halogenated alkanes) is 1. The Kier molecular flexibility index (Phi) is 3.73. The molecule has 0 aliphatic carbocycles. The second-order valence-corrected chi connectivity index (χ2v) is 3.89. The summed E-state index contributed by atoms with van der Waals surface area (Å²) in [5.41, 5.74) is 0. The molecule has 1 aliphatic heterocycles. The summed E-state index contributed by atoms with van der Waals surface area (Å²) < 4.78 is 0. The van der Waals surface area contributed by atoms with Gasteiger partial charge in [-0.15, -0.1) is 0 Å². The Balaban J connectivity index is 2.27. The first kappa shape index (κ1) is 9.72. The molecule has 1 saturated heterocycles. The zero-order valence-electron chi connectivity index (χ0n) is 8.12. The third kappa shape index (κ3) is 2.31. The first-order chi connectivity index (χ1) is 5.77. The van der Waals surface area contributed by atoms with E-state index in [0.29, 0.717) is 11.8 Å². The van der Waals surface area contributed by atoms with E-state index in [1.165, 1.54) is 19.4 Å². The molecule has 2 heteroatoms. The van der Waals surface area contributed by atoms with E-state index in [1.807, 2.05) is 0 Å². The molecular weight excluding hydrogens is 150 g/mol. The summed E-state index contributed by atoms with van der Waals surface area (Å²) in [5, 5.41) is 0. The molecule has 1 aliphatic rings. The minimum atomic E-state index is 0.293. The van der Waals surface area contributed by atoms with Gasteiger partial charge in [-0.3, -0.25) is 0 Å². The summed E-state index contributed by atoms with van der Waals surface area (Å²) >= 11 is 0. The first-order valence-electron chi connectivity index (χ1n) is 4.95. The van der Waals surface area contributed by atoms with Gasteiger partial charge in [0.25, 0.3) is 0 Å². The lowest BCUT2D eigenvalue weighted by Crippen LogP contribution is -2.22. The number of hydrogen-bond acceptors (Lipinski definition) is 2. The molecule has 12 heavy (non-hydrogen) atoms. The number of hydrogen-bond donors (Lipinski definition) is 0. The predicted molar refractivity (Wildman–Crippen MR) is 50.1 cm³/mol. The van der Waals surface area contributed by atoms with Crippen LogP contribution in [0.15, 0.2) is 0 Å². The van der Waals surface area contributed by atoms with E-state index in [1.54, 1.807) is 0 Å². The molecule has 0 amide bonds. The second-order valence-electron chi connectivity index (χ2n) is 3.89. The summed E-state index contributed by atoms with van der Waals surface area (Å²) in [6.45, 7) is 7.65. The van der Waals surface area contributed by atoms with Crippen LogP contribution >= 0.6 is 0 Å². The Labute approximate surface area is 74.9 Å². The zero-order valence-corrected chi connectivity index (χ0v) is 8.12. The van der Waals surface area contributed by atoms with Gasteiger partial charge in [-0.1, -0.05) is 20.3 Å². The van der Waals surface area contributed by atoms with Crippen LogP contribution in [0.25, 0.3) is 0 Å². The average Bonchev–Trinajstić information content (AvgIpc) is 2.43. The average molecular weight is 169 g/mol. The molecule has 0 aromatic rings. The SMILES string of the molecule is CCCCN1CC(C)C(C=O)C1. The number of nitrogens with zero attached hydrogens (tertiary/aromatic N) is 1. The third-order valence-corrected chi connectivity index (χ3v) is 2.75. The van der Waals surface area contributed by atoms with Gasteiger partial charge in [0, 0.05) is 19.0 Å². The lowest BCUT2D eigenvalue weighted by molar-refractivity contribution is -0.111. The number of rotatable bonds is 4. The molecule has 1 rings (SSSR count). The second kappa shape index (κ2) is 4.61. The highest BCUT2D eigenvalue weighted by Gasteiger charge is 2.28. The first-order valence-corrected chi connectivity index (χ1v) is 4.95. The van der Waals surface area contributed by atoms with Crippen LogP contribution in [0.1, 0.15) is 26.7 Å². The molecule has 0 aromatic carbocycles. The maximum atomic E-state index is 10.6. The fraction of sp³-hybridized carbons (Fsp3) is 0.900. The largest absolute Gasteiger partial charge is 0.303 e. The predicted octanol–water partition coefficient (Wildman–Crippen LogP) is 1.55. The van der Waals surface area contributed by atoms with Crippen LogP contribution in [0.3, 0.4) is 0 Å². The van der Waals surface area contributed by atoms with Crippen molar-refractivity contribution < 1.29 is 4.79 Å². The van der Waals surface area contributed by atoms with E-state index in [-0.39, 0.29) is 0 Å². The monoisotopic (exact) mass is 169 g/mol. The van der Waals surface area contributed by atoms with Crippen molar-refractivity contribution in [2.45, 2.75) is 26.7 Å². The summed E-state index contributed by atoms with van der Waals surface area (Å²) in [5.74, 6) is 0.862. The molecule has 70 valence electrons. The number of aldehydes is 1. The molecular formula is C10H19NO. The van der Waals surface area contributed by atoms with E-state index in [0.717, 1.165) is 19.4 Å². The molecule has 0 radical (unpaired) electrons. The quantitative estimate of drug-likeness (QED) is 0.595. The maximum absolute atomic E-state index is 10.6. The molecule has 1 fully saturated rings. The summed E-state index contributed by atoms with van der Waals surface area (Å²) in [6, 6.07) is 0. The van der Waals surface area contributed by atoms with Crippen molar-refractivity contribution in [2.24, 2.45) is 11.8 Å². The van der Waals surface area contributed by atoms with E-state index in [9.17, 15) is 4.79 Å². The van der Waals surface area contributed by atoms with Crippen molar-refractivity contribution in [1.29, 1.82) is 0 Å². The summed E-state index contributed by atoms with van der Waals surface area (Å²) in [7, 11) is 0. The van der Waals surface area contributed by atoms with E-state index < -0.39 is 0 Å². The highest BCUT2D eigenvalue weighted by Crippen LogP contribution is 2.20. The van der Waals surface area contributed by atoms with Gasteiger partial charge >= 0.3 is 0 Å². The lowest BCUT2D eigenvalue weighted by atomic mass is 10.0. The van der Waals surface area contributed by atoms with Crippen LogP contribution < -0.4 is 0 Å². The Morgan fingerprint density at radius 2 is 2.25 bits per heavy atom. The van der Waals surface area contributed by atoms with Gasteiger partial charge in [-0.05, 0) is 18.9 Å². The molecule has 0 aromatic heterocycles. The van der Waals surface area contributed by atoms with Crippen LogP contribution in [0.2, 0.25) is 0 Å². The minimum Gasteiger partial charge on any atom is -0.303 e. The van der Waals surface area contributed by atoms with Gasteiger partial charge in [-0.2, -0.15) is 0 Å². The van der Waals surface area contributed by atoms with Crippen LogP contribution in [0, 0.1) is 11.8 Å². The fourth-order valence-electron chi connectivity index (χ4n) is 1.84. The highest BCUT2D eigenvalue weighted by atomic mass is 16.1. The Morgan fingerprint density at radius 1 is 1.50 bits per heavy atom. The molecule has 0 spiro atoms. The van der Waals surface area contributed by atoms with E-state index >= 15 is 0 Å². The van der Waals surface area contributed by atoms with Crippen molar-refractivity contribution in [2.75, 3.05) is 19.6 Å². The third-order valence-electron chi connectivity index (χ3n) is 2.75. The minimum absolute atomic E-state index is 0.293. The van der Waals surface area contributed by atoms with Crippen molar-refractivity contribution in [3.63, 3.8) is 0 Å². The topological polar surface area (TPSA) is 20.3 Å². The van der Waals surface area contributed by atoms with Gasteiger partial charge in [0.05, 0.1) is 0 Å². The van der Waals surface area contributed by atoms with E-state index in [2.05, 4.69) is 18.7 Å². The van der Waals surface area contributed by atoms with Gasteiger partial charge in [0.1, 0.15) is 6.29 Å². The molecule has 1 heterocycles. The Bertz CT molecular complexity index is 147. The van der Waals surface area contributed by atoms with Crippen LogP contribution in [0.5, 0.6) is 0 Å². The summed E-state index contributed by atoms with van der Waals surface area (Å²) in [6.07, 6.45) is 3.63. The summed E-state index contributed by atoms with van der Waals surface area (Å²) in [4.78, 5) is 13.0. The van der Waals surface area contributed by atoms with Gasteiger partial charge in [0.15, 0.2) is 0 Å². The van der Waals surface area contributed by atoms with Crippen LogP contribution in [-0.2, 0) is 4.79 Å². The normalized spacial score (nSPS) is 30.8. The maximum Gasteiger partial charge on any atom is 0.124 e. The molecule has 0 bridgehead atoms. The molecule has 0 saturated carbocycles. The van der Waals surface area contributed by atoms with Crippen molar-refractivity contribution >= 4 is 6.29 Å². The smallest absolute Gasteiger partial charge is 0.124 e. The van der Waals surface area contributed by atoms with Gasteiger partial charge < -0.3 is 9.69 Å². The van der Waals surface area contributed by atoms with E-state index in [4.69, 9.17) is 0 Å². The van der Waals surface area contributed by atoms with Gasteiger partial charge in [0.2, 0.25) is 0 Å². The standard InChI is InChI=1S/C10H19NO/c1-3-4-5-11-6-9(2)10(7-11)8-12/h8-10H,3-7H2,1-2H3. The molecule has 0 N–H and O–H groups in total. The number of carbonyl (C=O) groups excluding carboxylic acids is 1. The lowest BCUT2D eigenvalue weighted by Gasteiger charge is -2.13. The van der Waals surface area contributed by atoms with Crippen LogP contribution in [0.4, 0.5) is 0 Å². The fourth-order valence-corrected chi connectivity index (χ4v) is 1.84.